The molecule has 0 bridgehead atoms. The summed E-state index contributed by atoms with van der Waals surface area (Å²) in [5, 5.41) is 14.7. The fraction of sp³-hybridized carbons (Fsp3) is 0.350. The third-order valence-corrected chi connectivity index (χ3v) is 4.47. The molecule has 0 spiro atoms. The number of hydrogen-bond acceptors (Lipinski definition) is 4. The van der Waals surface area contributed by atoms with Crippen LogP contribution < -0.4 is 0 Å². The summed E-state index contributed by atoms with van der Waals surface area (Å²) in [5.74, 6) is -0.254. The molecule has 0 fully saturated rings. The van der Waals surface area contributed by atoms with E-state index in [4.69, 9.17) is 16.4 Å². The SMILES string of the molecule is C[C@@H](O)CN(Cc1ccc(F)cc1)C[C@@H]1CC(c2ccc(Cl)cc2)=NO1. The number of hydrogen-bond donors (Lipinski definition) is 1. The Morgan fingerprint density at radius 1 is 1.23 bits per heavy atom. The summed E-state index contributed by atoms with van der Waals surface area (Å²) in [6.07, 6.45) is 0.148. The van der Waals surface area contributed by atoms with E-state index in [2.05, 4.69) is 10.1 Å². The minimum absolute atomic E-state index is 0.0834. The normalized spacial score (nSPS) is 17.9. The molecule has 6 heteroatoms. The molecular weight excluding hydrogens is 355 g/mol. The van der Waals surface area contributed by atoms with Crippen molar-refractivity contribution in [2.24, 2.45) is 5.16 Å². The lowest BCUT2D eigenvalue weighted by Crippen LogP contribution is -2.37. The quantitative estimate of drug-likeness (QED) is 0.798. The minimum Gasteiger partial charge on any atom is -0.392 e. The summed E-state index contributed by atoms with van der Waals surface area (Å²) in [6.45, 7) is 3.50. The van der Waals surface area contributed by atoms with Gasteiger partial charge in [0.2, 0.25) is 0 Å². The lowest BCUT2D eigenvalue weighted by molar-refractivity contribution is 0.0351. The molecule has 26 heavy (non-hydrogen) atoms. The number of aliphatic hydroxyl groups excluding tert-OH is 1. The molecule has 0 saturated heterocycles. The summed E-state index contributed by atoms with van der Waals surface area (Å²) in [6, 6.07) is 13.9. The summed E-state index contributed by atoms with van der Waals surface area (Å²) < 4.78 is 13.1. The standard InChI is InChI=1S/C20H22ClFN2O2/c1-14(25)11-24(12-15-2-8-18(22)9-3-15)13-19-10-20(23-26-19)16-4-6-17(21)7-5-16/h2-9,14,19,25H,10-13H2,1H3/t14-,19+/m1/s1. The van der Waals surface area contributed by atoms with Gasteiger partial charge in [0.15, 0.2) is 0 Å². The average molecular weight is 377 g/mol. The monoisotopic (exact) mass is 376 g/mol. The van der Waals surface area contributed by atoms with E-state index in [1.807, 2.05) is 24.3 Å². The number of aliphatic hydroxyl groups is 1. The zero-order valence-electron chi connectivity index (χ0n) is 14.6. The maximum Gasteiger partial charge on any atom is 0.145 e. The van der Waals surface area contributed by atoms with E-state index in [9.17, 15) is 9.50 Å². The lowest BCUT2D eigenvalue weighted by Gasteiger charge is -2.25. The molecule has 0 aromatic heterocycles. The lowest BCUT2D eigenvalue weighted by atomic mass is 10.0. The molecular formula is C20H22ClFN2O2. The van der Waals surface area contributed by atoms with Crippen LogP contribution in [0.3, 0.4) is 0 Å². The molecule has 138 valence electrons. The number of halogens is 2. The van der Waals surface area contributed by atoms with Crippen molar-refractivity contribution in [1.82, 2.24) is 4.90 Å². The molecule has 0 amide bonds. The smallest absolute Gasteiger partial charge is 0.145 e. The number of rotatable bonds is 7. The first-order valence-electron chi connectivity index (χ1n) is 8.63. The first kappa shape index (κ1) is 18.8. The van der Waals surface area contributed by atoms with E-state index < -0.39 is 6.10 Å². The van der Waals surface area contributed by atoms with Gasteiger partial charge in [0, 0.05) is 31.1 Å². The number of benzene rings is 2. The van der Waals surface area contributed by atoms with Gasteiger partial charge in [0.1, 0.15) is 11.9 Å². The zero-order chi connectivity index (χ0) is 18.5. The van der Waals surface area contributed by atoms with Crippen LogP contribution in [-0.4, -0.2) is 41.0 Å². The minimum atomic E-state index is -0.464. The van der Waals surface area contributed by atoms with Crippen LogP contribution in [-0.2, 0) is 11.4 Å². The van der Waals surface area contributed by atoms with Crippen LogP contribution in [0.4, 0.5) is 4.39 Å². The molecule has 0 unspecified atom stereocenters. The summed E-state index contributed by atoms with van der Waals surface area (Å²) in [7, 11) is 0. The van der Waals surface area contributed by atoms with Gasteiger partial charge >= 0.3 is 0 Å². The van der Waals surface area contributed by atoms with Gasteiger partial charge in [-0.1, -0.05) is 41.0 Å². The molecule has 4 nitrogen and oxygen atoms in total. The second kappa shape index (κ2) is 8.62. The number of oxime groups is 1. The topological polar surface area (TPSA) is 45.1 Å². The Morgan fingerprint density at radius 2 is 1.92 bits per heavy atom. The molecule has 2 aromatic rings. The summed E-state index contributed by atoms with van der Waals surface area (Å²) >= 11 is 5.93. The van der Waals surface area contributed by atoms with E-state index in [1.165, 1.54) is 12.1 Å². The molecule has 1 aliphatic rings. The van der Waals surface area contributed by atoms with Gasteiger partial charge in [0.05, 0.1) is 11.8 Å². The summed E-state index contributed by atoms with van der Waals surface area (Å²) in [5.41, 5.74) is 2.88. The maximum absolute atomic E-state index is 13.1. The van der Waals surface area contributed by atoms with Crippen molar-refractivity contribution in [3.8, 4) is 0 Å². The van der Waals surface area contributed by atoms with Crippen molar-refractivity contribution < 1.29 is 14.3 Å². The molecule has 1 N–H and O–H groups in total. The van der Waals surface area contributed by atoms with Crippen LogP contribution in [0, 0.1) is 5.82 Å². The van der Waals surface area contributed by atoms with Crippen molar-refractivity contribution in [2.75, 3.05) is 13.1 Å². The molecule has 0 saturated carbocycles. The van der Waals surface area contributed by atoms with Gasteiger partial charge in [-0.2, -0.15) is 0 Å². The highest BCUT2D eigenvalue weighted by Gasteiger charge is 2.25. The molecule has 0 aliphatic carbocycles. The highest BCUT2D eigenvalue weighted by atomic mass is 35.5. The Hall–Kier alpha value is -1.95. The Labute approximate surface area is 157 Å². The molecule has 3 rings (SSSR count). The second-order valence-electron chi connectivity index (χ2n) is 6.65. The van der Waals surface area contributed by atoms with E-state index in [-0.39, 0.29) is 11.9 Å². The molecule has 0 radical (unpaired) electrons. The Bertz CT molecular complexity index is 747. The fourth-order valence-electron chi connectivity index (χ4n) is 3.05. The van der Waals surface area contributed by atoms with Gasteiger partial charge in [-0.05, 0) is 42.3 Å². The van der Waals surface area contributed by atoms with Crippen LogP contribution in [0.5, 0.6) is 0 Å². The van der Waals surface area contributed by atoms with Crippen molar-refractivity contribution >= 4 is 17.3 Å². The zero-order valence-corrected chi connectivity index (χ0v) is 15.4. The molecule has 1 aliphatic heterocycles. The van der Waals surface area contributed by atoms with Gasteiger partial charge in [0.25, 0.3) is 0 Å². The van der Waals surface area contributed by atoms with E-state index >= 15 is 0 Å². The van der Waals surface area contributed by atoms with Crippen LogP contribution in [0.25, 0.3) is 0 Å². The Kier molecular flexibility index (Phi) is 6.25. The van der Waals surface area contributed by atoms with Gasteiger partial charge in [-0.3, -0.25) is 4.90 Å². The highest BCUT2D eigenvalue weighted by molar-refractivity contribution is 6.30. The molecule has 1 heterocycles. The number of nitrogens with zero attached hydrogens (tertiary/aromatic N) is 2. The third-order valence-electron chi connectivity index (χ3n) is 4.21. The largest absolute Gasteiger partial charge is 0.392 e. The molecule has 2 aromatic carbocycles. The van der Waals surface area contributed by atoms with Crippen molar-refractivity contribution in [3.63, 3.8) is 0 Å². The highest BCUT2D eigenvalue weighted by Crippen LogP contribution is 2.20. The van der Waals surface area contributed by atoms with E-state index in [0.29, 0.717) is 31.1 Å². The van der Waals surface area contributed by atoms with Crippen molar-refractivity contribution in [1.29, 1.82) is 0 Å². The third kappa shape index (κ3) is 5.27. The van der Waals surface area contributed by atoms with Crippen LogP contribution in [0.15, 0.2) is 53.7 Å². The van der Waals surface area contributed by atoms with Crippen molar-refractivity contribution in [3.05, 3.63) is 70.5 Å². The predicted molar refractivity (Wildman–Crippen MR) is 101 cm³/mol. The molecule has 2 atom stereocenters. The predicted octanol–water partition coefficient (Wildman–Crippen LogP) is 3.86. The van der Waals surface area contributed by atoms with Crippen LogP contribution in [0.2, 0.25) is 5.02 Å². The maximum atomic E-state index is 13.1. The first-order valence-corrected chi connectivity index (χ1v) is 9.01. The van der Waals surface area contributed by atoms with Gasteiger partial charge in [-0.15, -0.1) is 0 Å². The Morgan fingerprint density at radius 3 is 2.58 bits per heavy atom. The van der Waals surface area contributed by atoms with Crippen molar-refractivity contribution in [2.45, 2.75) is 32.1 Å². The average Bonchev–Trinajstić information content (AvgIpc) is 3.05. The van der Waals surface area contributed by atoms with E-state index in [1.54, 1.807) is 19.1 Å². The second-order valence-corrected chi connectivity index (χ2v) is 7.08. The van der Waals surface area contributed by atoms with Crippen LogP contribution >= 0.6 is 11.6 Å². The first-order chi connectivity index (χ1) is 12.5. The van der Waals surface area contributed by atoms with Crippen LogP contribution in [0.1, 0.15) is 24.5 Å². The van der Waals surface area contributed by atoms with E-state index in [0.717, 1.165) is 16.8 Å². The van der Waals surface area contributed by atoms with Gasteiger partial charge < -0.3 is 9.94 Å². The fourth-order valence-corrected chi connectivity index (χ4v) is 3.18. The Balaban J connectivity index is 1.60. The van der Waals surface area contributed by atoms with Gasteiger partial charge in [-0.25, -0.2) is 4.39 Å². The summed E-state index contributed by atoms with van der Waals surface area (Å²) in [4.78, 5) is 7.69.